The molecule has 1 saturated carbocycles. The molecule has 0 aromatic carbocycles. The van der Waals surface area contributed by atoms with Gasteiger partial charge in [0.25, 0.3) is 0 Å². The molecule has 1 N–H and O–H groups in total. The average Bonchev–Trinajstić information content (AvgIpc) is 1.88. The van der Waals surface area contributed by atoms with Crippen molar-refractivity contribution in [2.45, 2.75) is 33.1 Å². The van der Waals surface area contributed by atoms with Gasteiger partial charge in [0.05, 0.1) is 0 Å². The van der Waals surface area contributed by atoms with E-state index in [0.29, 0.717) is 12.5 Å². The molecule has 10 heavy (non-hydrogen) atoms. The van der Waals surface area contributed by atoms with E-state index in [4.69, 9.17) is 5.11 Å². The summed E-state index contributed by atoms with van der Waals surface area (Å²) in [5.74, 6) is 2.22. The van der Waals surface area contributed by atoms with Crippen molar-refractivity contribution in [2.24, 2.45) is 17.8 Å². The first-order valence-electron chi connectivity index (χ1n) is 4.35. The van der Waals surface area contributed by atoms with E-state index < -0.39 is 0 Å². The SMILES string of the molecule is CC1CCC(CO)C(C)C1. The summed E-state index contributed by atoms with van der Waals surface area (Å²) in [7, 11) is 0. The highest BCUT2D eigenvalue weighted by atomic mass is 16.3. The van der Waals surface area contributed by atoms with Crippen LogP contribution in [0.1, 0.15) is 33.1 Å². The first kappa shape index (κ1) is 8.06. The molecule has 0 amide bonds. The van der Waals surface area contributed by atoms with Crippen molar-refractivity contribution in [1.82, 2.24) is 0 Å². The lowest BCUT2D eigenvalue weighted by Gasteiger charge is -2.31. The van der Waals surface area contributed by atoms with Crippen molar-refractivity contribution in [3.05, 3.63) is 0 Å². The number of aliphatic hydroxyl groups is 1. The molecule has 1 aliphatic carbocycles. The second kappa shape index (κ2) is 3.38. The van der Waals surface area contributed by atoms with Crippen LogP contribution in [0.5, 0.6) is 0 Å². The summed E-state index contributed by atoms with van der Waals surface area (Å²) in [4.78, 5) is 0. The lowest BCUT2D eigenvalue weighted by Crippen LogP contribution is -2.23. The number of rotatable bonds is 1. The van der Waals surface area contributed by atoms with Crippen molar-refractivity contribution in [3.8, 4) is 0 Å². The Hall–Kier alpha value is -0.0400. The highest BCUT2D eigenvalue weighted by molar-refractivity contribution is 4.74. The van der Waals surface area contributed by atoms with Crippen molar-refractivity contribution in [3.63, 3.8) is 0 Å². The molecular weight excluding hydrogens is 124 g/mol. The lowest BCUT2D eigenvalue weighted by molar-refractivity contribution is 0.122. The van der Waals surface area contributed by atoms with Gasteiger partial charge in [0, 0.05) is 6.61 Å². The molecule has 1 nitrogen and oxygen atoms in total. The van der Waals surface area contributed by atoms with E-state index in [1.165, 1.54) is 19.3 Å². The van der Waals surface area contributed by atoms with Gasteiger partial charge >= 0.3 is 0 Å². The van der Waals surface area contributed by atoms with E-state index in [1.54, 1.807) is 0 Å². The maximum atomic E-state index is 8.95. The van der Waals surface area contributed by atoms with E-state index in [9.17, 15) is 0 Å². The molecule has 1 heteroatoms. The van der Waals surface area contributed by atoms with Crippen molar-refractivity contribution in [1.29, 1.82) is 0 Å². The Morgan fingerprint density at radius 1 is 1.30 bits per heavy atom. The second-order valence-electron chi connectivity index (χ2n) is 3.84. The Kier molecular flexibility index (Phi) is 2.72. The van der Waals surface area contributed by atoms with Crippen molar-refractivity contribution in [2.75, 3.05) is 6.61 Å². The molecule has 3 unspecified atom stereocenters. The van der Waals surface area contributed by atoms with Crippen LogP contribution < -0.4 is 0 Å². The monoisotopic (exact) mass is 142 g/mol. The molecule has 1 fully saturated rings. The Balaban J connectivity index is 2.36. The minimum Gasteiger partial charge on any atom is -0.396 e. The van der Waals surface area contributed by atoms with E-state index in [1.807, 2.05) is 0 Å². The van der Waals surface area contributed by atoms with Gasteiger partial charge in [-0.2, -0.15) is 0 Å². The average molecular weight is 142 g/mol. The summed E-state index contributed by atoms with van der Waals surface area (Å²) >= 11 is 0. The number of hydrogen-bond acceptors (Lipinski definition) is 1. The Morgan fingerprint density at radius 2 is 2.00 bits per heavy atom. The topological polar surface area (TPSA) is 20.2 Å². The van der Waals surface area contributed by atoms with Crippen molar-refractivity contribution < 1.29 is 5.11 Å². The molecule has 3 atom stereocenters. The maximum absolute atomic E-state index is 8.95. The standard InChI is InChI=1S/C9H18O/c1-7-3-4-9(6-10)8(2)5-7/h7-10H,3-6H2,1-2H3. The highest BCUT2D eigenvalue weighted by Crippen LogP contribution is 2.32. The lowest BCUT2D eigenvalue weighted by atomic mass is 9.76. The van der Waals surface area contributed by atoms with E-state index in [0.717, 1.165) is 11.8 Å². The van der Waals surface area contributed by atoms with E-state index in [2.05, 4.69) is 13.8 Å². The summed E-state index contributed by atoms with van der Waals surface area (Å²) in [5.41, 5.74) is 0. The molecule has 0 aliphatic heterocycles. The zero-order valence-electron chi connectivity index (χ0n) is 7.01. The fourth-order valence-electron chi connectivity index (χ4n) is 2.00. The molecular formula is C9H18O. The van der Waals surface area contributed by atoms with Crippen LogP contribution in [-0.2, 0) is 0 Å². The van der Waals surface area contributed by atoms with Gasteiger partial charge in [-0.25, -0.2) is 0 Å². The minimum absolute atomic E-state index is 0.397. The fraction of sp³-hybridized carbons (Fsp3) is 1.00. The van der Waals surface area contributed by atoms with Gasteiger partial charge in [0.1, 0.15) is 0 Å². The van der Waals surface area contributed by atoms with Gasteiger partial charge in [-0.3, -0.25) is 0 Å². The van der Waals surface area contributed by atoms with Crippen LogP contribution in [0, 0.1) is 17.8 Å². The van der Waals surface area contributed by atoms with Crippen LogP contribution in [0.2, 0.25) is 0 Å². The van der Waals surface area contributed by atoms with Gasteiger partial charge in [-0.1, -0.05) is 20.3 Å². The molecule has 0 heterocycles. The summed E-state index contributed by atoms with van der Waals surface area (Å²) in [6.07, 6.45) is 3.86. The van der Waals surface area contributed by atoms with Crippen LogP contribution in [0.4, 0.5) is 0 Å². The van der Waals surface area contributed by atoms with Crippen LogP contribution in [0.25, 0.3) is 0 Å². The van der Waals surface area contributed by atoms with Gasteiger partial charge in [0.15, 0.2) is 0 Å². The third-order valence-electron chi connectivity index (χ3n) is 2.84. The summed E-state index contributed by atoms with van der Waals surface area (Å²) in [6, 6.07) is 0. The van der Waals surface area contributed by atoms with Gasteiger partial charge in [-0.05, 0) is 30.6 Å². The quantitative estimate of drug-likeness (QED) is 0.594. The Morgan fingerprint density at radius 3 is 2.50 bits per heavy atom. The minimum atomic E-state index is 0.397. The molecule has 0 aromatic heterocycles. The Bertz CT molecular complexity index is 101. The zero-order valence-corrected chi connectivity index (χ0v) is 7.01. The second-order valence-corrected chi connectivity index (χ2v) is 3.84. The highest BCUT2D eigenvalue weighted by Gasteiger charge is 2.23. The molecule has 0 spiro atoms. The molecule has 1 rings (SSSR count). The number of aliphatic hydroxyl groups excluding tert-OH is 1. The smallest absolute Gasteiger partial charge is 0.0461 e. The molecule has 0 saturated heterocycles. The fourth-order valence-corrected chi connectivity index (χ4v) is 2.00. The maximum Gasteiger partial charge on any atom is 0.0461 e. The zero-order chi connectivity index (χ0) is 7.56. The Labute approximate surface area is 63.4 Å². The summed E-state index contributed by atoms with van der Waals surface area (Å²) < 4.78 is 0. The van der Waals surface area contributed by atoms with Crippen LogP contribution in [0.15, 0.2) is 0 Å². The predicted octanol–water partition coefficient (Wildman–Crippen LogP) is 2.05. The van der Waals surface area contributed by atoms with Gasteiger partial charge in [0.2, 0.25) is 0 Å². The van der Waals surface area contributed by atoms with Crippen LogP contribution >= 0.6 is 0 Å². The normalized spacial score (nSPS) is 41.7. The van der Waals surface area contributed by atoms with Crippen LogP contribution in [-0.4, -0.2) is 11.7 Å². The van der Waals surface area contributed by atoms with Gasteiger partial charge < -0.3 is 5.11 Å². The van der Waals surface area contributed by atoms with E-state index >= 15 is 0 Å². The predicted molar refractivity (Wildman–Crippen MR) is 42.8 cm³/mol. The number of hydrogen-bond donors (Lipinski definition) is 1. The first-order valence-corrected chi connectivity index (χ1v) is 4.35. The first-order chi connectivity index (χ1) is 4.74. The molecule has 0 aromatic rings. The molecule has 0 radical (unpaired) electrons. The summed E-state index contributed by atoms with van der Waals surface area (Å²) in [5, 5.41) is 8.95. The largest absolute Gasteiger partial charge is 0.396 e. The van der Waals surface area contributed by atoms with Gasteiger partial charge in [-0.15, -0.1) is 0 Å². The third-order valence-corrected chi connectivity index (χ3v) is 2.84. The third kappa shape index (κ3) is 1.72. The molecule has 1 aliphatic rings. The van der Waals surface area contributed by atoms with E-state index in [-0.39, 0.29) is 0 Å². The van der Waals surface area contributed by atoms with Crippen LogP contribution in [0.3, 0.4) is 0 Å². The summed E-state index contributed by atoms with van der Waals surface area (Å²) in [6.45, 7) is 4.97. The molecule has 60 valence electrons. The molecule has 0 bridgehead atoms. The van der Waals surface area contributed by atoms with Crippen molar-refractivity contribution >= 4 is 0 Å².